The Morgan fingerprint density at radius 1 is 1.03 bits per heavy atom. The summed E-state index contributed by atoms with van der Waals surface area (Å²) in [6, 6.07) is 24.0. The number of nitrogens with one attached hydrogen (secondary N) is 2. The van der Waals surface area contributed by atoms with Crippen molar-refractivity contribution < 1.29 is 0 Å². The summed E-state index contributed by atoms with van der Waals surface area (Å²) in [5.41, 5.74) is 11.3. The van der Waals surface area contributed by atoms with E-state index in [2.05, 4.69) is 80.3 Å². The van der Waals surface area contributed by atoms with Crippen LogP contribution in [-0.2, 0) is 0 Å². The normalized spacial score (nSPS) is 19.6. The van der Waals surface area contributed by atoms with Crippen LogP contribution in [0.25, 0.3) is 11.2 Å². The summed E-state index contributed by atoms with van der Waals surface area (Å²) < 4.78 is 0. The summed E-state index contributed by atoms with van der Waals surface area (Å²) in [4.78, 5) is 4.33. The predicted molar refractivity (Wildman–Crippen MR) is 124 cm³/mol. The van der Waals surface area contributed by atoms with E-state index in [-0.39, 0.29) is 5.92 Å². The summed E-state index contributed by atoms with van der Waals surface area (Å²) in [6.45, 7) is 0.938. The standard InChI is InChI=1S/C25H28N6/c26-23-16-22(24-25(28-23)30-31-29-24)21(18-9-5-2-6-10-18)13-14-27-20-12-11-19(15-20)17-7-3-1-4-8-17/h1-10,16,19-21,27H,11-15H2,(H3,26,28,29,30,31)/t19-,20+,21?/m0/s1. The van der Waals surface area contributed by atoms with Gasteiger partial charge in [0, 0.05) is 12.0 Å². The van der Waals surface area contributed by atoms with Crippen molar-refractivity contribution in [1.82, 2.24) is 25.7 Å². The fourth-order valence-electron chi connectivity index (χ4n) is 4.96. The topological polar surface area (TPSA) is 92.5 Å². The number of anilines is 1. The van der Waals surface area contributed by atoms with Gasteiger partial charge in [-0.05, 0) is 60.9 Å². The van der Waals surface area contributed by atoms with Gasteiger partial charge in [-0.25, -0.2) is 10.1 Å². The minimum Gasteiger partial charge on any atom is -0.384 e. The average molecular weight is 413 g/mol. The first-order chi connectivity index (χ1) is 15.3. The second-order valence-corrected chi connectivity index (χ2v) is 8.47. The van der Waals surface area contributed by atoms with Gasteiger partial charge in [0.2, 0.25) is 0 Å². The van der Waals surface area contributed by atoms with Crippen LogP contribution in [0.1, 0.15) is 54.2 Å². The maximum Gasteiger partial charge on any atom is 0.178 e. The van der Waals surface area contributed by atoms with Gasteiger partial charge < -0.3 is 11.1 Å². The third-order valence-corrected chi connectivity index (χ3v) is 6.49. The molecule has 31 heavy (non-hydrogen) atoms. The van der Waals surface area contributed by atoms with E-state index in [0.717, 1.165) is 24.0 Å². The Balaban J connectivity index is 1.31. The fourth-order valence-corrected chi connectivity index (χ4v) is 4.96. The van der Waals surface area contributed by atoms with Crippen molar-refractivity contribution in [3.63, 3.8) is 0 Å². The largest absolute Gasteiger partial charge is 0.384 e. The number of aromatic nitrogens is 4. The van der Waals surface area contributed by atoms with Gasteiger partial charge in [0.1, 0.15) is 11.3 Å². The molecular weight excluding hydrogens is 384 g/mol. The first kappa shape index (κ1) is 19.7. The van der Waals surface area contributed by atoms with Gasteiger partial charge in [-0.15, -0.1) is 5.10 Å². The molecule has 1 aliphatic carbocycles. The van der Waals surface area contributed by atoms with Gasteiger partial charge in [0.05, 0.1) is 0 Å². The molecule has 0 saturated heterocycles. The quantitative estimate of drug-likeness (QED) is 0.419. The van der Waals surface area contributed by atoms with E-state index < -0.39 is 0 Å². The lowest BCUT2D eigenvalue weighted by atomic mass is 9.88. The Morgan fingerprint density at radius 2 is 1.81 bits per heavy atom. The molecule has 0 amide bonds. The summed E-state index contributed by atoms with van der Waals surface area (Å²) in [5.74, 6) is 1.33. The minimum atomic E-state index is 0.179. The molecule has 3 atom stereocenters. The Labute approximate surface area is 182 Å². The second-order valence-electron chi connectivity index (χ2n) is 8.47. The van der Waals surface area contributed by atoms with Gasteiger partial charge in [-0.1, -0.05) is 65.9 Å². The minimum absolute atomic E-state index is 0.179. The lowest BCUT2D eigenvalue weighted by Gasteiger charge is -2.21. The lowest BCUT2D eigenvalue weighted by Crippen LogP contribution is -2.28. The summed E-state index contributed by atoms with van der Waals surface area (Å²) >= 11 is 0. The smallest absolute Gasteiger partial charge is 0.178 e. The number of benzene rings is 2. The molecule has 1 aliphatic rings. The van der Waals surface area contributed by atoms with Gasteiger partial charge >= 0.3 is 0 Å². The first-order valence-corrected chi connectivity index (χ1v) is 11.1. The van der Waals surface area contributed by atoms with Crippen molar-refractivity contribution >= 4 is 17.0 Å². The van der Waals surface area contributed by atoms with E-state index in [1.54, 1.807) is 0 Å². The molecule has 1 saturated carbocycles. The maximum atomic E-state index is 6.10. The molecule has 158 valence electrons. The van der Waals surface area contributed by atoms with E-state index in [1.165, 1.54) is 30.4 Å². The van der Waals surface area contributed by atoms with E-state index in [4.69, 9.17) is 5.73 Å². The molecule has 0 bridgehead atoms. The number of nitrogen functional groups attached to an aromatic ring is 1. The highest BCUT2D eigenvalue weighted by Crippen LogP contribution is 2.35. The van der Waals surface area contributed by atoms with Crippen LogP contribution in [0.3, 0.4) is 0 Å². The summed E-state index contributed by atoms with van der Waals surface area (Å²) in [5, 5.41) is 14.9. The molecule has 0 spiro atoms. The van der Waals surface area contributed by atoms with Gasteiger partial charge in [-0.3, -0.25) is 0 Å². The first-order valence-electron chi connectivity index (χ1n) is 11.1. The van der Waals surface area contributed by atoms with Crippen LogP contribution < -0.4 is 11.1 Å². The van der Waals surface area contributed by atoms with Crippen LogP contribution in [0.2, 0.25) is 0 Å². The molecule has 1 unspecified atom stereocenters. The molecule has 4 N–H and O–H groups in total. The van der Waals surface area contributed by atoms with Crippen molar-refractivity contribution in [2.45, 2.75) is 43.6 Å². The molecule has 2 aromatic heterocycles. The van der Waals surface area contributed by atoms with Crippen LogP contribution in [0.15, 0.2) is 66.7 Å². The molecule has 5 rings (SSSR count). The zero-order valence-electron chi connectivity index (χ0n) is 17.5. The van der Waals surface area contributed by atoms with E-state index >= 15 is 0 Å². The molecule has 1 fully saturated rings. The number of nitrogens with two attached hydrogens (primary N) is 1. The highest BCUT2D eigenvalue weighted by molar-refractivity contribution is 5.77. The molecule has 0 aliphatic heterocycles. The molecular formula is C25H28N6. The van der Waals surface area contributed by atoms with Crippen molar-refractivity contribution in [2.24, 2.45) is 0 Å². The Bertz CT molecular complexity index is 1120. The van der Waals surface area contributed by atoms with Gasteiger partial charge in [-0.2, -0.15) is 0 Å². The third kappa shape index (κ3) is 4.30. The number of H-pyrrole nitrogens is 1. The molecule has 4 aromatic rings. The number of pyridine rings is 1. The van der Waals surface area contributed by atoms with Crippen LogP contribution in [0.4, 0.5) is 5.82 Å². The Hall–Kier alpha value is -3.25. The molecule has 2 aromatic carbocycles. The zero-order chi connectivity index (χ0) is 21.0. The SMILES string of the molecule is Nc1cc(C(CCN[C@@H]2CC[C@H](c3ccccc3)C2)c2ccccc2)c2nn[nH]c2n1. The highest BCUT2D eigenvalue weighted by atomic mass is 15.3. The molecule has 6 heteroatoms. The number of nitrogens with zero attached hydrogens (tertiary/aromatic N) is 3. The molecule has 2 heterocycles. The highest BCUT2D eigenvalue weighted by Gasteiger charge is 2.26. The third-order valence-electron chi connectivity index (χ3n) is 6.49. The number of hydrogen-bond acceptors (Lipinski definition) is 5. The zero-order valence-corrected chi connectivity index (χ0v) is 17.5. The Kier molecular flexibility index (Phi) is 5.63. The van der Waals surface area contributed by atoms with E-state index in [1.807, 2.05) is 12.1 Å². The Morgan fingerprint density at radius 3 is 2.61 bits per heavy atom. The number of fused-ring (bicyclic) bond motifs is 1. The van der Waals surface area contributed by atoms with Crippen molar-refractivity contribution in [3.8, 4) is 0 Å². The summed E-state index contributed by atoms with van der Waals surface area (Å²) in [7, 11) is 0. The van der Waals surface area contributed by atoms with E-state index in [0.29, 0.717) is 23.4 Å². The summed E-state index contributed by atoms with van der Waals surface area (Å²) in [6.07, 6.45) is 4.65. The van der Waals surface area contributed by atoms with Crippen LogP contribution in [-0.4, -0.2) is 33.0 Å². The van der Waals surface area contributed by atoms with E-state index in [9.17, 15) is 0 Å². The van der Waals surface area contributed by atoms with Crippen molar-refractivity contribution in [3.05, 3.63) is 83.4 Å². The lowest BCUT2D eigenvalue weighted by molar-refractivity contribution is 0.498. The monoisotopic (exact) mass is 412 g/mol. The number of hydrogen-bond donors (Lipinski definition) is 3. The number of rotatable bonds is 7. The van der Waals surface area contributed by atoms with Crippen LogP contribution >= 0.6 is 0 Å². The fraction of sp³-hybridized carbons (Fsp3) is 0.320. The van der Waals surface area contributed by atoms with Crippen LogP contribution in [0.5, 0.6) is 0 Å². The molecule has 6 nitrogen and oxygen atoms in total. The van der Waals surface area contributed by atoms with Crippen LogP contribution in [0, 0.1) is 0 Å². The average Bonchev–Trinajstić information content (AvgIpc) is 3.47. The van der Waals surface area contributed by atoms with Crippen molar-refractivity contribution in [1.29, 1.82) is 0 Å². The molecule has 0 radical (unpaired) electrons. The van der Waals surface area contributed by atoms with Gasteiger partial charge in [0.15, 0.2) is 5.65 Å². The maximum absolute atomic E-state index is 6.10. The number of aromatic amines is 1. The van der Waals surface area contributed by atoms with Crippen molar-refractivity contribution in [2.75, 3.05) is 12.3 Å². The second kappa shape index (κ2) is 8.86. The van der Waals surface area contributed by atoms with Gasteiger partial charge in [0.25, 0.3) is 0 Å². The predicted octanol–water partition coefficient (Wildman–Crippen LogP) is 4.38.